The zero-order chi connectivity index (χ0) is 15.0. The molecular formula is C14H9Cl3N2OS. The van der Waals surface area contributed by atoms with E-state index in [4.69, 9.17) is 39.5 Å². The van der Waals surface area contributed by atoms with Crippen LogP contribution in [0.25, 0.3) is 10.2 Å². The smallest absolute Gasteiger partial charge is 0.232 e. The SMILES string of the molecule is CCc1cc2c(Oc3cccc(Cl)c3Cl)nc(Cl)nc2s1. The minimum absolute atomic E-state index is 0.139. The Balaban J connectivity index is 2.11. The maximum atomic E-state index is 6.14. The van der Waals surface area contributed by atoms with E-state index in [1.54, 1.807) is 29.5 Å². The minimum Gasteiger partial charge on any atom is -0.437 e. The van der Waals surface area contributed by atoms with Gasteiger partial charge in [-0.3, -0.25) is 0 Å². The fraction of sp³-hybridized carbons (Fsp3) is 0.143. The minimum atomic E-state index is 0.139. The first-order chi connectivity index (χ1) is 10.1. The van der Waals surface area contributed by atoms with Crippen LogP contribution in [0.1, 0.15) is 11.8 Å². The summed E-state index contributed by atoms with van der Waals surface area (Å²) in [5, 5.41) is 1.72. The zero-order valence-corrected chi connectivity index (χ0v) is 13.9. The van der Waals surface area contributed by atoms with Crippen LogP contribution in [0.3, 0.4) is 0 Å². The van der Waals surface area contributed by atoms with Gasteiger partial charge in [0.05, 0.1) is 10.4 Å². The number of hydrogen-bond donors (Lipinski definition) is 0. The summed E-state index contributed by atoms with van der Waals surface area (Å²) in [6, 6.07) is 7.18. The van der Waals surface area contributed by atoms with Crippen molar-refractivity contribution in [3.8, 4) is 11.6 Å². The fourth-order valence-corrected chi connectivity index (χ4v) is 3.34. The summed E-state index contributed by atoms with van der Waals surface area (Å²) in [6.07, 6.45) is 0.913. The van der Waals surface area contributed by atoms with Gasteiger partial charge in [0.2, 0.25) is 11.2 Å². The first-order valence-electron chi connectivity index (χ1n) is 6.16. The van der Waals surface area contributed by atoms with Crippen LogP contribution in [0.15, 0.2) is 24.3 Å². The third-order valence-corrected chi connectivity index (χ3v) is 5.00. The third kappa shape index (κ3) is 2.94. The van der Waals surface area contributed by atoms with E-state index in [0.717, 1.165) is 16.6 Å². The van der Waals surface area contributed by atoms with E-state index >= 15 is 0 Å². The highest BCUT2D eigenvalue weighted by Gasteiger charge is 2.14. The Morgan fingerprint density at radius 2 is 2.00 bits per heavy atom. The summed E-state index contributed by atoms with van der Waals surface area (Å²) in [5.74, 6) is 0.814. The Kier molecular flexibility index (Phi) is 4.22. The van der Waals surface area contributed by atoms with E-state index in [2.05, 4.69) is 16.9 Å². The predicted octanol–water partition coefficient (Wildman–Crippen LogP) is 6.01. The topological polar surface area (TPSA) is 35.0 Å². The second kappa shape index (κ2) is 5.97. The van der Waals surface area contributed by atoms with Crippen LogP contribution in [0.5, 0.6) is 11.6 Å². The Morgan fingerprint density at radius 1 is 1.19 bits per heavy atom. The monoisotopic (exact) mass is 358 g/mol. The molecule has 7 heteroatoms. The first-order valence-corrected chi connectivity index (χ1v) is 8.11. The van der Waals surface area contributed by atoms with Crippen LogP contribution in [-0.2, 0) is 6.42 Å². The van der Waals surface area contributed by atoms with E-state index in [1.807, 2.05) is 6.07 Å². The van der Waals surface area contributed by atoms with E-state index in [0.29, 0.717) is 21.7 Å². The van der Waals surface area contributed by atoms with Gasteiger partial charge in [-0.1, -0.05) is 36.2 Å². The van der Waals surface area contributed by atoms with Crippen molar-refractivity contribution in [3.05, 3.63) is 44.5 Å². The molecule has 0 unspecified atom stereocenters. The standard InChI is InChI=1S/C14H9Cl3N2OS/c1-2-7-6-8-12(18-14(17)19-13(8)21-7)20-10-5-3-4-9(15)11(10)16/h3-6H,2H2,1H3. The number of hydrogen-bond acceptors (Lipinski definition) is 4. The molecule has 0 bridgehead atoms. The second-order valence-corrected chi connectivity index (χ2v) is 6.48. The zero-order valence-electron chi connectivity index (χ0n) is 10.9. The van der Waals surface area contributed by atoms with Gasteiger partial charge < -0.3 is 4.74 Å². The average molecular weight is 360 g/mol. The number of aromatic nitrogens is 2. The molecule has 0 atom stereocenters. The summed E-state index contributed by atoms with van der Waals surface area (Å²) >= 11 is 19.7. The number of fused-ring (bicyclic) bond motifs is 1. The van der Waals surface area contributed by atoms with Gasteiger partial charge in [-0.05, 0) is 36.2 Å². The van der Waals surface area contributed by atoms with Crippen molar-refractivity contribution in [3.63, 3.8) is 0 Å². The molecule has 3 rings (SSSR count). The van der Waals surface area contributed by atoms with Crippen molar-refractivity contribution in [2.75, 3.05) is 0 Å². The van der Waals surface area contributed by atoms with Crippen LogP contribution in [0.2, 0.25) is 15.3 Å². The molecular weight excluding hydrogens is 351 g/mol. The molecule has 0 saturated carbocycles. The number of thiophene rings is 1. The van der Waals surface area contributed by atoms with Gasteiger partial charge in [-0.25, -0.2) is 4.98 Å². The van der Waals surface area contributed by atoms with Crippen LogP contribution < -0.4 is 4.74 Å². The molecule has 3 nitrogen and oxygen atoms in total. The van der Waals surface area contributed by atoms with Gasteiger partial charge in [0, 0.05) is 4.88 Å². The molecule has 0 radical (unpaired) electrons. The van der Waals surface area contributed by atoms with Crippen LogP contribution >= 0.6 is 46.1 Å². The Hall–Kier alpha value is -1.07. The number of benzene rings is 1. The highest BCUT2D eigenvalue weighted by molar-refractivity contribution is 7.18. The molecule has 0 aliphatic heterocycles. The van der Waals surface area contributed by atoms with Crippen molar-refractivity contribution in [1.82, 2.24) is 9.97 Å². The molecule has 1 aromatic carbocycles. The lowest BCUT2D eigenvalue weighted by Crippen LogP contribution is -1.92. The van der Waals surface area contributed by atoms with E-state index < -0.39 is 0 Å². The first kappa shape index (κ1) is 14.9. The number of halogens is 3. The van der Waals surface area contributed by atoms with Crippen molar-refractivity contribution >= 4 is 56.4 Å². The summed E-state index contributed by atoms with van der Waals surface area (Å²) in [7, 11) is 0. The van der Waals surface area contributed by atoms with Gasteiger partial charge in [0.25, 0.3) is 0 Å². The molecule has 0 aliphatic carbocycles. The van der Waals surface area contributed by atoms with Crippen molar-refractivity contribution in [2.45, 2.75) is 13.3 Å². The molecule has 0 saturated heterocycles. The quantitative estimate of drug-likeness (QED) is 0.537. The number of rotatable bonds is 3. The van der Waals surface area contributed by atoms with Gasteiger partial charge in [0.15, 0.2) is 0 Å². The lowest BCUT2D eigenvalue weighted by molar-refractivity contribution is 0.469. The molecule has 21 heavy (non-hydrogen) atoms. The van der Waals surface area contributed by atoms with Crippen molar-refractivity contribution < 1.29 is 4.74 Å². The van der Waals surface area contributed by atoms with Gasteiger partial charge in [-0.15, -0.1) is 11.3 Å². The summed E-state index contributed by atoms with van der Waals surface area (Å²) in [4.78, 5) is 10.3. The lowest BCUT2D eigenvalue weighted by Gasteiger charge is -2.08. The molecule has 0 amide bonds. The normalized spacial score (nSPS) is 11.0. The Labute approximate surface area is 140 Å². The predicted molar refractivity (Wildman–Crippen MR) is 88.3 cm³/mol. The Morgan fingerprint density at radius 3 is 2.76 bits per heavy atom. The molecule has 0 aliphatic rings. The number of aryl methyl sites for hydroxylation is 1. The van der Waals surface area contributed by atoms with Crippen LogP contribution in [0.4, 0.5) is 0 Å². The van der Waals surface area contributed by atoms with E-state index in [1.165, 1.54) is 4.88 Å². The number of nitrogens with zero attached hydrogens (tertiary/aromatic N) is 2. The molecule has 2 aromatic heterocycles. The largest absolute Gasteiger partial charge is 0.437 e. The third-order valence-electron chi connectivity index (χ3n) is 2.85. The second-order valence-electron chi connectivity index (χ2n) is 4.24. The average Bonchev–Trinajstić information content (AvgIpc) is 2.87. The Bertz CT molecular complexity index is 819. The van der Waals surface area contributed by atoms with Crippen LogP contribution in [0, 0.1) is 0 Å². The summed E-state index contributed by atoms with van der Waals surface area (Å²) in [6.45, 7) is 2.08. The maximum Gasteiger partial charge on any atom is 0.232 e. The molecule has 0 fully saturated rings. The van der Waals surface area contributed by atoms with E-state index in [9.17, 15) is 0 Å². The van der Waals surface area contributed by atoms with E-state index in [-0.39, 0.29) is 5.28 Å². The molecule has 3 aromatic rings. The highest BCUT2D eigenvalue weighted by atomic mass is 35.5. The van der Waals surface area contributed by atoms with Crippen molar-refractivity contribution in [2.24, 2.45) is 0 Å². The van der Waals surface area contributed by atoms with Crippen molar-refractivity contribution in [1.29, 1.82) is 0 Å². The van der Waals surface area contributed by atoms with Crippen LogP contribution in [-0.4, -0.2) is 9.97 Å². The molecule has 108 valence electrons. The summed E-state index contributed by atoms with van der Waals surface area (Å²) in [5.41, 5.74) is 0. The fourth-order valence-electron chi connectivity index (χ4n) is 1.84. The van der Waals surface area contributed by atoms with Gasteiger partial charge in [0.1, 0.15) is 15.6 Å². The lowest BCUT2D eigenvalue weighted by atomic mass is 10.3. The number of ether oxygens (including phenoxy) is 1. The molecule has 0 spiro atoms. The molecule has 2 heterocycles. The van der Waals surface area contributed by atoms with Gasteiger partial charge in [-0.2, -0.15) is 4.98 Å². The maximum absolute atomic E-state index is 6.14. The highest BCUT2D eigenvalue weighted by Crippen LogP contribution is 2.38. The van der Waals surface area contributed by atoms with Gasteiger partial charge >= 0.3 is 0 Å². The molecule has 0 N–H and O–H groups in total. The summed E-state index contributed by atoms with van der Waals surface area (Å²) < 4.78 is 5.80.